The van der Waals surface area contributed by atoms with E-state index in [1.54, 1.807) is 4.68 Å². The third-order valence-corrected chi connectivity index (χ3v) is 4.38. The zero-order chi connectivity index (χ0) is 17.4. The Bertz CT molecular complexity index is 859. The summed E-state index contributed by atoms with van der Waals surface area (Å²) in [7, 11) is 3.97. The van der Waals surface area contributed by atoms with Crippen molar-refractivity contribution >= 4 is 16.9 Å². The molecule has 0 saturated heterocycles. The molecule has 0 N–H and O–H groups in total. The van der Waals surface area contributed by atoms with Gasteiger partial charge in [0.1, 0.15) is 11.6 Å². The van der Waals surface area contributed by atoms with Gasteiger partial charge in [0, 0.05) is 44.4 Å². The maximum atomic E-state index is 4.80. The van der Waals surface area contributed by atoms with E-state index < -0.39 is 0 Å². The van der Waals surface area contributed by atoms with Crippen molar-refractivity contribution in [2.45, 2.75) is 46.7 Å². The summed E-state index contributed by atoms with van der Waals surface area (Å²) in [5.74, 6) is 2.02. The van der Waals surface area contributed by atoms with Gasteiger partial charge in [-0.15, -0.1) is 0 Å². The van der Waals surface area contributed by atoms with Gasteiger partial charge in [0.2, 0.25) is 0 Å². The van der Waals surface area contributed by atoms with Crippen molar-refractivity contribution < 1.29 is 0 Å². The average Bonchev–Trinajstić information content (AvgIpc) is 3.10. The molecule has 3 aromatic heterocycles. The minimum absolute atomic E-state index is 0.265. The highest BCUT2D eigenvalue weighted by atomic mass is 15.3. The highest BCUT2D eigenvalue weighted by molar-refractivity contribution is 5.86. The number of anilines is 1. The zero-order valence-electron chi connectivity index (χ0n) is 15.3. The van der Waals surface area contributed by atoms with Gasteiger partial charge in [-0.05, 0) is 13.8 Å². The van der Waals surface area contributed by atoms with Gasteiger partial charge in [0.05, 0.1) is 17.8 Å². The Morgan fingerprint density at radius 3 is 2.54 bits per heavy atom. The highest BCUT2D eigenvalue weighted by Gasteiger charge is 2.17. The number of rotatable bonds is 5. The van der Waals surface area contributed by atoms with Gasteiger partial charge in [-0.25, -0.2) is 9.97 Å². The predicted molar refractivity (Wildman–Crippen MR) is 95.1 cm³/mol. The summed E-state index contributed by atoms with van der Waals surface area (Å²) in [6.45, 7) is 10.1. The smallest absolute Gasteiger partial charge is 0.163 e. The molecule has 0 spiro atoms. The number of nitrogens with zero attached hydrogens (tertiary/aromatic N) is 7. The van der Waals surface area contributed by atoms with Crippen LogP contribution < -0.4 is 4.90 Å². The Kier molecular flexibility index (Phi) is 4.26. The molecular weight excluding hydrogens is 302 g/mol. The second-order valence-electron chi connectivity index (χ2n) is 6.49. The van der Waals surface area contributed by atoms with Crippen molar-refractivity contribution in [3.05, 3.63) is 29.5 Å². The largest absolute Gasteiger partial charge is 0.354 e. The van der Waals surface area contributed by atoms with Crippen LogP contribution in [0.5, 0.6) is 0 Å². The van der Waals surface area contributed by atoms with E-state index in [9.17, 15) is 0 Å². The number of hydrogen-bond donors (Lipinski definition) is 0. The highest BCUT2D eigenvalue weighted by Crippen LogP contribution is 2.26. The molecule has 0 bridgehead atoms. The second-order valence-corrected chi connectivity index (χ2v) is 6.49. The monoisotopic (exact) mass is 327 g/mol. The lowest BCUT2D eigenvalue weighted by Gasteiger charge is -2.20. The summed E-state index contributed by atoms with van der Waals surface area (Å²) < 4.78 is 3.82. The lowest BCUT2D eigenvalue weighted by molar-refractivity contribution is 0.638. The van der Waals surface area contributed by atoms with Crippen LogP contribution in [0.2, 0.25) is 0 Å². The Morgan fingerprint density at radius 1 is 1.17 bits per heavy atom. The molecule has 0 atom stereocenters. The molecule has 0 saturated carbocycles. The van der Waals surface area contributed by atoms with Gasteiger partial charge in [0.25, 0.3) is 0 Å². The fourth-order valence-corrected chi connectivity index (χ4v) is 2.86. The van der Waals surface area contributed by atoms with Crippen LogP contribution in [-0.4, -0.2) is 36.6 Å². The van der Waals surface area contributed by atoms with E-state index in [1.807, 2.05) is 24.1 Å². The molecule has 0 unspecified atom stereocenters. The Labute approximate surface area is 142 Å². The number of aromatic nitrogens is 6. The minimum atomic E-state index is 0.265. The SMILES string of the molecule is CCn1ncc(CN(C)c2nc(C(C)C)nc3c2cnn3C)c1C. The number of aryl methyl sites for hydroxylation is 2. The number of hydrogen-bond acceptors (Lipinski definition) is 5. The van der Waals surface area contributed by atoms with Crippen LogP contribution in [0.3, 0.4) is 0 Å². The molecule has 24 heavy (non-hydrogen) atoms. The fraction of sp³-hybridized carbons (Fsp3) is 0.529. The predicted octanol–water partition coefficient (Wildman–Crippen LogP) is 2.65. The van der Waals surface area contributed by atoms with Crippen LogP contribution in [-0.2, 0) is 20.1 Å². The molecule has 0 fully saturated rings. The van der Waals surface area contributed by atoms with E-state index >= 15 is 0 Å². The molecule has 7 heteroatoms. The van der Waals surface area contributed by atoms with Crippen molar-refractivity contribution in [1.29, 1.82) is 0 Å². The van der Waals surface area contributed by atoms with Crippen LogP contribution in [0, 0.1) is 6.92 Å². The van der Waals surface area contributed by atoms with E-state index in [0.29, 0.717) is 0 Å². The molecule has 7 nitrogen and oxygen atoms in total. The van der Waals surface area contributed by atoms with Gasteiger partial charge in [0.15, 0.2) is 5.65 Å². The maximum absolute atomic E-state index is 4.80. The molecule has 0 aliphatic carbocycles. The molecule has 0 radical (unpaired) electrons. The van der Waals surface area contributed by atoms with E-state index in [2.05, 4.69) is 54.8 Å². The standard InChI is InChI=1S/C17H25N7/c1-7-24-12(4)13(8-19-24)10-22(5)16-14-9-18-23(6)17(14)21-15(20-16)11(2)3/h8-9,11H,7,10H2,1-6H3. The van der Waals surface area contributed by atoms with Gasteiger partial charge in [-0.3, -0.25) is 9.36 Å². The first-order valence-corrected chi connectivity index (χ1v) is 8.34. The van der Waals surface area contributed by atoms with Crippen molar-refractivity contribution in [3.8, 4) is 0 Å². The van der Waals surface area contributed by atoms with E-state index in [1.165, 1.54) is 11.3 Å². The first-order chi connectivity index (χ1) is 11.4. The first kappa shape index (κ1) is 16.4. The molecule has 0 aliphatic rings. The summed E-state index contributed by atoms with van der Waals surface area (Å²) in [4.78, 5) is 11.6. The lowest BCUT2D eigenvalue weighted by Crippen LogP contribution is -2.20. The van der Waals surface area contributed by atoms with Gasteiger partial charge < -0.3 is 4.90 Å². The molecule has 3 heterocycles. The van der Waals surface area contributed by atoms with Crippen LogP contribution in [0.25, 0.3) is 11.0 Å². The zero-order valence-corrected chi connectivity index (χ0v) is 15.3. The van der Waals surface area contributed by atoms with Crippen molar-refractivity contribution in [3.63, 3.8) is 0 Å². The third kappa shape index (κ3) is 2.74. The Hall–Kier alpha value is -2.44. The maximum Gasteiger partial charge on any atom is 0.163 e. The fourth-order valence-electron chi connectivity index (χ4n) is 2.86. The summed E-state index contributed by atoms with van der Waals surface area (Å²) in [5, 5.41) is 9.76. The Balaban J connectivity index is 2.02. The van der Waals surface area contributed by atoms with E-state index in [4.69, 9.17) is 4.98 Å². The van der Waals surface area contributed by atoms with Gasteiger partial charge >= 0.3 is 0 Å². The van der Waals surface area contributed by atoms with Crippen molar-refractivity contribution in [2.75, 3.05) is 11.9 Å². The summed E-state index contributed by atoms with van der Waals surface area (Å²) in [6, 6.07) is 0. The van der Waals surface area contributed by atoms with Crippen LogP contribution in [0.15, 0.2) is 12.4 Å². The third-order valence-electron chi connectivity index (χ3n) is 4.38. The van der Waals surface area contributed by atoms with Gasteiger partial charge in [-0.1, -0.05) is 13.8 Å². The molecule has 3 aromatic rings. The van der Waals surface area contributed by atoms with Gasteiger partial charge in [-0.2, -0.15) is 10.2 Å². The average molecular weight is 327 g/mol. The summed E-state index contributed by atoms with van der Waals surface area (Å²) >= 11 is 0. The molecule has 128 valence electrons. The minimum Gasteiger partial charge on any atom is -0.354 e. The van der Waals surface area contributed by atoms with Crippen LogP contribution in [0.1, 0.15) is 43.8 Å². The molecule has 0 amide bonds. The topological polar surface area (TPSA) is 64.7 Å². The normalized spacial score (nSPS) is 11.6. The molecule has 0 aliphatic heterocycles. The Morgan fingerprint density at radius 2 is 1.92 bits per heavy atom. The lowest BCUT2D eigenvalue weighted by atomic mass is 10.2. The molecule has 3 rings (SSSR count). The van der Waals surface area contributed by atoms with E-state index in [-0.39, 0.29) is 5.92 Å². The molecule has 0 aromatic carbocycles. The summed E-state index contributed by atoms with van der Waals surface area (Å²) in [6.07, 6.45) is 3.79. The van der Waals surface area contributed by atoms with Crippen LogP contribution in [0.4, 0.5) is 5.82 Å². The number of fused-ring (bicyclic) bond motifs is 1. The van der Waals surface area contributed by atoms with Crippen LogP contribution >= 0.6 is 0 Å². The van der Waals surface area contributed by atoms with Crippen molar-refractivity contribution in [2.24, 2.45) is 7.05 Å². The molecular formula is C17H25N7. The summed E-state index contributed by atoms with van der Waals surface area (Å²) in [5.41, 5.74) is 3.28. The quantitative estimate of drug-likeness (QED) is 0.721. The second kappa shape index (κ2) is 6.22. The van der Waals surface area contributed by atoms with E-state index in [0.717, 1.165) is 35.8 Å². The first-order valence-electron chi connectivity index (χ1n) is 8.34. The van der Waals surface area contributed by atoms with Crippen molar-refractivity contribution in [1.82, 2.24) is 29.5 Å².